The van der Waals surface area contributed by atoms with Crippen molar-refractivity contribution in [2.24, 2.45) is 5.92 Å². The molecule has 0 unspecified atom stereocenters. The van der Waals surface area contributed by atoms with E-state index in [0.717, 1.165) is 24.8 Å². The predicted molar refractivity (Wildman–Crippen MR) is 72.3 cm³/mol. The summed E-state index contributed by atoms with van der Waals surface area (Å²) in [6.07, 6.45) is 2.32. The Morgan fingerprint density at radius 3 is 2.37 bits per heavy atom. The molecule has 1 heterocycles. The maximum atomic E-state index is 12.0. The van der Waals surface area contributed by atoms with Crippen LogP contribution in [0.1, 0.15) is 36.0 Å². The number of benzene rings is 1. The second-order valence-corrected chi connectivity index (χ2v) is 5.04. The minimum atomic E-state index is -0.834. The number of nitrogens with zero attached hydrogens (tertiary/aromatic N) is 1. The summed E-state index contributed by atoms with van der Waals surface area (Å²) < 4.78 is 0. The molecule has 0 aliphatic carbocycles. The van der Waals surface area contributed by atoms with E-state index in [4.69, 9.17) is 5.11 Å². The number of Topliss-reactive ketones (excluding diaryl/α,β-unsaturated/α-hetero) is 1. The van der Waals surface area contributed by atoms with Crippen molar-refractivity contribution in [2.45, 2.75) is 25.7 Å². The van der Waals surface area contributed by atoms with Crippen molar-refractivity contribution in [3.8, 4) is 0 Å². The molecule has 1 aliphatic heterocycles. The normalized spacial score (nSPS) is 16.3. The van der Waals surface area contributed by atoms with Crippen molar-refractivity contribution in [3.05, 3.63) is 35.9 Å². The number of amides is 1. The third-order valence-corrected chi connectivity index (χ3v) is 3.76. The van der Waals surface area contributed by atoms with Gasteiger partial charge in [-0.25, -0.2) is 4.79 Å². The number of carbonyl (C=O) groups excluding carboxylic acids is 1. The molecule has 0 spiro atoms. The van der Waals surface area contributed by atoms with Crippen LogP contribution in [0.4, 0.5) is 4.79 Å². The molecule has 0 radical (unpaired) electrons. The van der Waals surface area contributed by atoms with Gasteiger partial charge in [0.2, 0.25) is 0 Å². The van der Waals surface area contributed by atoms with E-state index in [9.17, 15) is 9.59 Å². The van der Waals surface area contributed by atoms with Crippen LogP contribution in [-0.2, 0) is 0 Å². The van der Waals surface area contributed by atoms with Crippen molar-refractivity contribution in [3.63, 3.8) is 0 Å². The van der Waals surface area contributed by atoms with Crippen LogP contribution >= 0.6 is 0 Å². The number of rotatable bonds is 4. The largest absolute Gasteiger partial charge is 0.465 e. The Morgan fingerprint density at radius 2 is 1.79 bits per heavy atom. The van der Waals surface area contributed by atoms with Crippen molar-refractivity contribution in [1.29, 1.82) is 0 Å². The third-order valence-electron chi connectivity index (χ3n) is 3.76. The molecule has 0 atom stereocenters. The third kappa shape index (κ3) is 3.81. The Hall–Kier alpha value is -1.84. The van der Waals surface area contributed by atoms with Crippen LogP contribution in [0.2, 0.25) is 0 Å². The molecule has 1 saturated heterocycles. The summed E-state index contributed by atoms with van der Waals surface area (Å²) in [5.74, 6) is 0.657. The van der Waals surface area contributed by atoms with E-state index in [-0.39, 0.29) is 5.78 Å². The van der Waals surface area contributed by atoms with Gasteiger partial charge in [0, 0.05) is 25.1 Å². The smallest absolute Gasteiger partial charge is 0.407 e. The summed E-state index contributed by atoms with van der Waals surface area (Å²) >= 11 is 0. The molecule has 2 rings (SSSR count). The second kappa shape index (κ2) is 6.36. The van der Waals surface area contributed by atoms with Crippen LogP contribution in [0, 0.1) is 5.92 Å². The van der Waals surface area contributed by atoms with E-state index in [1.165, 1.54) is 4.90 Å². The molecular weight excluding hydrogens is 242 g/mol. The lowest BCUT2D eigenvalue weighted by atomic mass is 9.90. The highest BCUT2D eigenvalue weighted by molar-refractivity contribution is 5.95. The Bertz CT molecular complexity index is 436. The van der Waals surface area contributed by atoms with Gasteiger partial charge < -0.3 is 10.0 Å². The summed E-state index contributed by atoms with van der Waals surface area (Å²) in [4.78, 5) is 24.2. The number of hydrogen-bond donors (Lipinski definition) is 1. The topological polar surface area (TPSA) is 57.6 Å². The maximum absolute atomic E-state index is 12.0. The molecular formula is C15H19NO3. The molecule has 1 N–H and O–H groups in total. The first kappa shape index (κ1) is 13.6. The Kier molecular flexibility index (Phi) is 4.55. The molecule has 1 aromatic rings. The lowest BCUT2D eigenvalue weighted by Gasteiger charge is -2.29. The van der Waals surface area contributed by atoms with E-state index in [0.29, 0.717) is 25.4 Å². The van der Waals surface area contributed by atoms with E-state index >= 15 is 0 Å². The van der Waals surface area contributed by atoms with Crippen LogP contribution in [0.25, 0.3) is 0 Å². The van der Waals surface area contributed by atoms with Gasteiger partial charge in [-0.3, -0.25) is 4.79 Å². The van der Waals surface area contributed by atoms with Gasteiger partial charge in [-0.1, -0.05) is 30.3 Å². The lowest BCUT2D eigenvalue weighted by molar-refractivity contribution is 0.0953. The second-order valence-electron chi connectivity index (χ2n) is 5.04. The van der Waals surface area contributed by atoms with E-state index in [1.54, 1.807) is 0 Å². The first-order valence-corrected chi connectivity index (χ1v) is 6.73. The first-order valence-electron chi connectivity index (χ1n) is 6.73. The van der Waals surface area contributed by atoms with Gasteiger partial charge in [0.25, 0.3) is 0 Å². The molecule has 1 aromatic carbocycles. The summed E-state index contributed by atoms with van der Waals surface area (Å²) in [6, 6.07) is 9.33. The molecule has 1 aliphatic rings. The predicted octanol–water partition coefficient (Wildman–Crippen LogP) is 3.04. The zero-order chi connectivity index (χ0) is 13.7. The molecule has 0 saturated carbocycles. The van der Waals surface area contributed by atoms with Crippen molar-refractivity contribution < 1.29 is 14.7 Å². The van der Waals surface area contributed by atoms with Gasteiger partial charge in [0.1, 0.15) is 0 Å². The maximum Gasteiger partial charge on any atom is 0.407 e. The molecule has 0 bridgehead atoms. The van der Waals surface area contributed by atoms with Crippen LogP contribution < -0.4 is 0 Å². The van der Waals surface area contributed by atoms with Gasteiger partial charge in [-0.15, -0.1) is 0 Å². The summed E-state index contributed by atoms with van der Waals surface area (Å²) in [5, 5.41) is 8.86. The molecule has 0 aromatic heterocycles. The van der Waals surface area contributed by atoms with Crippen LogP contribution in [0.15, 0.2) is 30.3 Å². The van der Waals surface area contributed by atoms with Gasteiger partial charge in [-0.05, 0) is 25.2 Å². The molecule has 1 amide bonds. The van der Waals surface area contributed by atoms with Crippen molar-refractivity contribution in [2.75, 3.05) is 13.1 Å². The highest BCUT2D eigenvalue weighted by atomic mass is 16.4. The average Bonchev–Trinajstić information content (AvgIpc) is 2.46. The number of piperidine rings is 1. The molecule has 19 heavy (non-hydrogen) atoms. The Morgan fingerprint density at radius 1 is 1.16 bits per heavy atom. The summed E-state index contributed by atoms with van der Waals surface area (Å²) in [6.45, 7) is 1.19. The van der Waals surface area contributed by atoms with Crippen LogP contribution in [0.5, 0.6) is 0 Å². The van der Waals surface area contributed by atoms with E-state index in [2.05, 4.69) is 0 Å². The number of hydrogen-bond acceptors (Lipinski definition) is 2. The van der Waals surface area contributed by atoms with Gasteiger partial charge >= 0.3 is 6.09 Å². The number of carboxylic acid groups (broad SMARTS) is 1. The number of ketones is 1. The van der Waals surface area contributed by atoms with Crippen molar-refractivity contribution in [1.82, 2.24) is 4.90 Å². The minimum Gasteiger partial charge on any atom is -0.465 e. The van der Waals surface area contributed by atoms with Gasteiger partial charge in [0.05, 0.1) is 0 Å². The number of carbonyl (C=O) groups is 2. The van der Waals surface area contributed by atoms with E-state index < -0.39 is 6.09 Å². The zero-order valence-electron chi connectivity index (χ0n) is 10.9. The fraction of sp³-hybridized carbons (Fsp3) is 0.467. The Labute approximate surface area is 113 Å². The van der Waals surface area contributed by atoms with E-state index in [1.807, 2.05) is 30.3 Å². The van der Waals surface area contributed by atoms with Crippen LogP contribution in [-0.4, -0.2) is 35.0 Å². The van der Waals surface area contributed by atoms with Crippen LogP contribution in [0.3, 0.4) is 0 Å². The molecule has 1 fully saturated rings. The average molecular weight is 261 g/mol. The SMILES string of the molecule is O=C(CCC1CCN(C(=O)O)CC1)c1ccccc1. The minimum absolute atomic E-state index is 0.182. The molecule has 4 nitrogen and oxygen atoms in total. The van der Waals surface area contributed by atoms with Gasteiger partial charge in [-0.2, -0.15) is 0 Å². The fourth-order valence-electron chi connectivity index (χ4n) is 2.52. The zero-order valence-corrected chi connectivity index (χ0v) is 10.9. The highest BCUT2D eigenvalue weighted by Gasteiger charge is 2.22. The molecule has 4 heteroatoms. The highest BCUT2D eigenvalue weighted by Crippen LogP contribution is 2.22. The lowest BCUT2D eigenvalue weighted by Crippen LogP contribution is -2.37. The van der Waals surface area contributed by atoms with Gasteiger partial charge in [0.15, 0.2) is 5.78 Å². The summed E-state index contributed by atoms with van der Waals surface area (Å²) in [5.41, 5.74) is 0.769. The summed E-state index contributed by atoms with van der Waals surface area (Å²) in [7, 11) is 0. The number of likely N-dealkylation sites (tertiary alicyclic amines) is 1. The fourth-order valence-corrected chi connectivity index (χ4v) is 2.52. The Balaban J connectivity index is 1.75. The first-order chi connectivity index (χ1) is 9.16. The van der Waals surface area contributed by atoms with Crippen molar-refractivity contribution >= 4 is 11.9 Å². The molecule has 102 valence electrons. The monoisotopic (exact) mass is 261 g/mol. The quantitative estimate of drug-likeness (QED) is 0.847. The standard InChI is InChI=1S/C15H19NO3/c17-14(13-4-2-1-3-5-13)7-6-12-8-10-16(11-9-12)15(18)19/h1-5,12H,6-11H2,(H,18,19).